The average molecular weight is 410 g/mol. The van der Waals surface area contributed by atoms with Crippen LogP contribution in [-0.2, 0) is 16.6 Å². The summed E-state index contributed by atoms with van der Waals surface area (Å²) in [5.41, 5.74) is 0.991. The van der Waals surface area contributed by atoms with Crippen LogP contribution in [0.4, 0.5) is 0 Å². The third kappa shape index (κ3) is 4.39. The normalized spacial score (nSPS) is 15.4. The molecule has 0 amide bonds. The molecule has 0 N–H and O–H groups in total. The van der Waals surface area contributed by atoms with Gasteiger partial charge in [0.2, 0.25) is 0 Å². The number of nitrogens with zero attached hydrogens (tertiary/aromatic N) is 3. The first-order valence-electron chi connectivity index (χ1n) is 8.11. The Morgan fingerprint density at radius 2 is 1.96 bits per heavy atom. The van der Waals surface area contributed by atoms with Gasteiger partial charge < -0.3 is 9.30 Å². The molecule has 7 heteroatoms. The quantitative estimate of drug-likeness (QED) is 0.546. The number of rotatable bonds is 5. The monoisotopic (exact) mass is 409 g/mol. The van der Waals surface area contributed by atoms with Crippen LogP contribution in [0.3, 0.4) is 0 Å². The van der Waals surface area contributed by atoms with Crippen LogP contribution in [0, 0.1) is 0 Å². The van der Waals surface area contributed by atoms with Crippen molar-refractivity contribution in [3.05, 3.63) is 28.7 Å². The van der Waals surface area contributed by atoms with Gasteiger partial charge in [0.1, 0.15) is 6.10 Å². The van der Waals surface area contributed by atoms with E-state index in [0.717, 1.165) is 41.5 Å². The zero-order valence-electron chi connectivity index (χ0n) is 13.6. The molecule has 5 nitrogen and oxygen atoms in total. The number of esters is 1. The Bertz CT molecular complexity index is 696. The lowest BCUT2D eigenvalue weighted by atomic mass is 9.98. The zero-order valence-corrected chi connectivity index (χ0v) is 16.0. The summed E-state index contributed by atoms with van der Waals surface area (Å²) in [5, 5.41) is 9.14. The van der Waals surface area contributed by atoms with Crippen molar-refractivity contribution in [1.29, 1.82) is 0 Å². The number of hydrogen-bond acceptors (Lipinski definition) is 5. The molecule has 1 aliphatic carbocycles. The Balaban J connectivity index is 1.57. The van der Waals surface area contributed by atoms with Gasteiger partial charge in [-0.1, -0.05) is 46.2 Å². The molecular weight excluding hydrogens is 390 g/mol. The molecule has 0 radical (unpaired) electrons. The van der Waals surface area contributed by atoms with Crippen LogP contribution in [0.25, 0.3) is 11.4 Å². The highest BCUT2D eigenvalue weighted by molar-refractivity contribution is 9.10. The molecule has 2 aromatic rings. The molecule has 0 saturated heterocycles. The standard InChI is InChI=1S/C17H20BrN3O2S/c1-21-16(12-7-9-13(18)10-8-12)19-20-17(21)24-11-15(22)23-14-5-3-2-4-6-14/h7-10,14H,2-6,11H2,1H3. The van der Waals surface area contributed by atoms with E-state index in [0.29, 0.717) is 5.16 Å². The van der Waals surface area contributed by atoms with Gasteiger partial charge in [-0.3, -0.25) is 4.79 Å². The number of carbonyl (C=O) groups is 1. The zero-order chi connectivity index (χ0) is 16.9. The topological polar surface area (TPSA) is 57.0 Å². The number of halogens is 1. The van der Waals surface area contributed by atoms with Crippen molar-refractivity contribution >= 4 is 33.7 Å². The fourth-order valence-corrected chi connectivity index (χ4v) is 3.78. The van der Waals surface area contributed by atoms with Crippen molar-refractivity contribution in [2.75, 3.05) is 5.75 Å². The van der Waals surface area contributed by atoms with Crippen molar-refractivity contribution in [2.24, 2.45) is 7.05 Å². The molecule has 1 aromatic heterocycles. The summed E-state index contributed by atoms with van der Waals surface area (Å²) in [6.45, 7) is 0. The van der Waals surface area contributed by atoms with Gasteiger partial charge in [0.25, 0.3) is 0 Å². The first kappa shape index (κ1) is 17.5. The summed E-state index contributed by atoms with van der Waals surface area (Å²) in [6, 6.07) is 7.91. The van der Waals surface area contributed by atoms with Crippen LogP contribution in [0.5, 0.6) is 0 Å². The molecular formula is C17H20BrN3O2S. The fourth-order valence-electron chi connectivity index (χ4n) is 2.82. The number of hydrogen-bond donors (Lipinski definition) is 0. The predicted molar refractivity (Wildman–Crippen MR) is 97.8 cm³/mol. The summed E-state index contributed by atoms with van der Waals surface area (Å²) in [4.78, 5) is 12.0. The van der Waals surface area contributed by atoms with Crippen molar-refractivity contribution in [3.63, 3.8) is 0 Å². The van der Waals surface area contributed by atoms with Crippen molar-refractivity contribution in [3.8, 4) is 11.4 Å². The second-order valence-corrected chi connectivity index (χ2v) is 7.77. The minimum absolute atomic E-state index is 0.102. The van der Waals surface area contributed by atoms with Gasteiger partial charge in [0, 0.05) is 17.1 Å². The van der Waals surface area contributed by atoms with Crippen molar-refractivity contribution < 1.29 is 9.53 Å². The van der Waals surface area contributed by atoms with Gasteiger partial charge in [-0.05, 0) is 37.8 Å². The van der Waals surface area contributed by atoms with E-state index in [1.54, 1.807) is 0 Å². The lowest BCUT2D eigenvalue weighted by Gasteiger charge is -2.21. The highest BCUT2D eigenvalue weighted by Crippen LogP contribution is 2.25. The molecule has 1 saturated carbocycles. The molecule has 1 fully saturated rings. The maximum Gasteiger partial charge on any atom is 0.316 e. The number of benzene rings is 1. The van der Waals surface area contributed by atoms with E-state index < -0.39 is 0 Å². The summed E-state index contributed by atoms with van der Waals surface area (Å²) in [5.74, 6) is 0.883. The van der Waals surface area contributed by atoms with Crippen molar-refractivity contribution in [1.82, 2.24) is 14.8 Å². The van der Waals surface area contributed by atoms with Crippen LogP contribution in [-0.4, -0.2) is 32.6 Å². The third-order valence-corrected chi connectivity index (χ3v) is 5.63. The lowest BCUT2D eigenvalue weighted by Crippen LogP contribution is -2.22. The van der Waals surface area contributed by atoms with Gasteiger partial charge in [0.05, 0.1) is 5.75 Å². The van der Waals surface area contributed by atoms with Crippen molar-refractivity contribution in [2.45, 2.75) is 43.4 Å². The Morgan fingerprint density at radius 1 is 1.25 bits per heavy atom. The van der Waals surface area contributed by atoms with Crippen LogP contribution < -0.4 is 0 Å². The third-order valence-electron chi connectivity index (χ3n) is 4.11. The Hall–Kier alpha value is -1.34. The Kier molecular flexibility index (Phi) is 5.94. The maximum atomic E-state index is 12.0. The van der Waals surface area contributed by atoms with Gasteiger partial charge >= 0.3 is 5.97 Å². The molecule has 128 valence electrons. The Morgan fingerprint density at radius 3 is 2.67 bits per heavy atom. The molecule has 0 aliphatic heterocycles. The smallest absolute Gasteiger partial charge is 0.316 e. The van der Waals surface area contributed by atoms with E-state index in [1.807, 2.05) is 35.9 Å². The largest absolute Gasteiger partial charge is 0.462 e. The molecule has 3 rings (SSSR count). The number of aromatic nitrogens is 3. The molecule has 0 bridgehead atoms. The van der Waals surface area contributed by atoms with E-state index in [2.05, 4.69) is 26.1 Å². The number of thioether (sulfide) groups is 1. The van der Waals surface area contributed by atoms with Crippen LogP contribution in [0.15, 0.2) is 33.9 Å². The van der Waals surface area contributed by atoms with E-state index in [-0.39, 0.29) is 17.8 Å². The van der Waals surface area contributed by atoms with Crippen LogP contribution >= 0.6 is 27.7 Å². The maximum absolute atomic E-state index is 12.0. The van der Waals surface area contributed by atoms with E-state index in [1.165, 1.54) is 18.2 Å². The summed E-state index contributed by atoms with van der Waals surface area (Å²) in [6.07, 6.45) is 5.66. The van der Waals surface area contributed by atoms with Gasteiger partial charge in [-0.15, -0.1) is 10.2 Å². The fraction of sp³-hybridized carbons (Fsp3) is 0.471. The minimum atomic E-state index is -0.167. The average Bonchev–Trinajstić information content (AvgIpc) is 2.95. The molecule has 0 atom stereocenters. The Labute approximate surface area is 154 Å². The second kappa shape index (κ2) is 8.16. The highest BCUT2D eigenvalue weighted by Gasteiger charge is 2.19. The highest BCUT2D eigenvalue weighted by atomic mass is 79.9. The van der Waals surface area contributed by atoms with E-state index >= 15 is 0 Å². The summed E-state index contributed by atoms with van der Waals surface area (Å²) >= 11 is 4.79. The SMILES string of the molecule is Cn1c(SCC(=O)OC2CCCCC2)nnc1-c1ccc(Br)cc1. The molecule has 24 heavy (non-hydrogen) atoms. The molecule has 1 aromatic carbocycles. The van der Waals surface area contributed by atoms with Crippen LogP contribution in [0.2, 0.25) is 0 Å². The molecule has 0 spiro atoms. The van der Waals surface area contributed by atoms with Crippen LogP contribution in [0.1, 0.15) is 32.1 Å². The van der Waals surface area contributed by atoms with Gasteiger partial charge in [-0.2, -0.15) is 0 Å². The first-order chi connectivity index (χ1) is 11.6. The van der Waals surface area contributed by atoms with Gasteiger partial charge in [0.15, 0.2) is 11.0 Å². The predicted octanol–water partition coefficient (Wildman–Crippen LogP) is 4.21. The molecule has 0 unspecified atom stereocenters. The molecule has 1 aliphatic rings. The minimum Gasteiger partial charge on any atom is -0.462 e. The first-order valence-corrected chi connectivity index (χ1v) is 9.89. The second-order valence-electron chi connectivity index (χ2n) is 5.91. The molecule has 1 heterocycles. The summed E-state index contributed by atoms with van der Waals surface area (Å²) < 4.78 is 8.46. The van der Waals surface area contributed by atoms with Gasteiger partial charge in [-0.25, -0.2) is 0 Å². The van der Waals surface area contributed by atoms with E-state index in [4.69, 9.17) is 4.74 Å². The number of ether oxygens (including phenoxy) is 1. The van der Waals surface area contributed by atoms with E-state index in [9.17, 15) is 4.79 Å². The summed E-state index contributed by atoms with van der Waals surface area (Å²) in [7, 11) is 1.91. The number of carbonyl (C=O) groups excluding carboxylic acids is 1. The lowest BCUT2D eigenvalue weighted by molar-refractivity contribution is -0.147.